The number of aromatic nitrogens is 2. The molecule has 0 saturated heterocycles. The molecule has 8 heteroatoms. The maximum atomic E-state index is 11.6. The lowest BCUT2D eigenvalue weighted by Gasteiger charge is -2.04. The summed E-state index contributed by atoms with van der Waals surface area (Å²) < 4.78 is 12.8. The van der Waals surface area contributed by atoms with E-state index in [2.05, 4.69) is 0 Å². The lowest BCUT2D eigenvalue weighted by Crippen LogP contribution is -2.07. The minimum Gasteiger partial charge on any atom is -0.481 e. The van der Waals surface area contributed by atoms with E-state index in [0.29, 0.717) is 28.8 Å². The molecular weight excluding hydrogens is 420 g/mol. The molecule has 0 aliphatic carbocycles. The number of fused-ring (bicyclic) bond motifs is 1. The molecule has 0 bridgehead atoms. The summed E-state index contributed by atoms with van der Waals surface area (Å²) in [7, 11) is 0. The van der Waals surface area contributed by atoms with E-state index in [1.807, 2.05) is 53.2 Å². The normalized spacial score (nSPS) is 11.0. The standard InChI is InChI=1S/C23H19ClN2O5/c24-16-7-5-15(6-8-16)13-26-19-4-2-1-3-18(19)23(25-26)20-10-9-17(31-20)14-30-22(29)12-11-21(27)28/h1-10H,11-14H2,(H,27,28). The molecule has 0 amide bonds. The van der Waals surface area contributed by atoms with E-state index in [1.54, 1.807) is 12.1 Å². The third-order valence-electron chi connectivity index (χ3n) is 4.72. The molecule has 2 heterocycles. The Morgan fingerprint density at radius 3 is 2.58 bits per heavy atom. The topological polar surface area (TPSA) is 94.6 Å². The van der Waals surface area contributed by atoms with Crippen molar-refractivity contribution in [3.05, 3.63) is 77.0 Å². The number of para-hydroxylation sites is 1. The minimum atomic E-state index is -1.04. The number of halogens is 1. The molecule has 7 nitrogen and oxygen atoms in total. The smallest absolute Gasteiger partial charge is 0.306 e. The van der Waals surface area contributed by atoms with Gasteiger partial charge < -0.3 is 14.3 Å². The maximum absolute atomic E-state index is 11.6. The fraction of sp³-hybridized carbons (Fsp3) is 0.174. The zero-order valence-corrected chi connectivity index (χ0v) is 17.2. The molecule has 0 fully saturated rings. The molecule has 2 aromatic heterocycles. The number of benzene rings is 2. The predicted molar refractivity (Wildman–Crippen MR) is 115 cm³/mol. The van der Waals surface area contributed by atoms with Crippen molar-refractivity contribution < 1.29 is 23.8 Å². The lowest BCUT2D eigenvalue weighted by molar-refractivity contribution is -0.149. The highest BCUT2D eigenvalue weighted by atomic mass is 35.5. The summed E-state index contributed by atoms with van der Waals surface area (Å²) in [4.78, 5) is 22.2. The number of carbonyl (C=O) groups is 2. The lowest BCUT2D eigenvalue weighted by atomic mass is 10.2. The number of nitrogens with zero attached hydrogens (tertiary/aromatic N) is 2. The predicted octanol–water partition coefficient (Wildman–Crippen LogP) is 4.91. The van der Waals surface area contributed by atoms with Crippen LogP contribution in [0.5, 0.6) is 0 Å². The van der Waals surface area contributed by atoms with Gasteiger partial charge in [0, 0.05) is 10.4 Å². The van der Waals surface area contributed by atoms with Gasteiger partial charge in [0.2, 0.25) is 0 Å². The molecular formula is C23H19ClN2O5. The van der Waals surface area contributed by atoms with Crippen LogP contribution in [0.2, 0.25) is 5.02 Å². The second-order valence-corrected chi connectivity index (χ2v) is 7.41. The largest absolute Gasteiger partial charge is 0.481 e. The maximum Gasteiger partial charge on any atom is 0.306 e. The van der Waals surface area contributed by atoms with Gasteiger partial charge in [0.1, 0.15) is 18.1 Å². The van der Waals surface area contributed by atoms with E-state index in [0.717, 1.165) is 16.5 Å². The van der Waals surface area contributed by atoms with Gasteiger partial charge in [-0.05, 0) is 35.9 Å². The third kappa shape index (κ3) is 4.95. The van der Waals surface area contributed by atoms with Crippen molar-refractivity contribution in [1.29, 1.82) is 0 Å². The number of rotatable bonds is 8. The van der Waals surface area contributed by atoms with Gasteiger partial charge >= 0.3 is 11.9 Å². The van der Waals surface area contributed by atoms with Gasteiger partial charge in [0.25, 0.3) is 0 Å². The van der Waals surface area contributed by atoms with Crippen LogP contribution in [0.1, 0.15) is 24.2 Å². The molecule has 0 radical (unpaired) electrons. The van der Waals surface area contributed by atoms with Crippen LogP contribution in [0, 0.1) is 0 Å². The highest BCUT2D eigenvalue weighted by Gasteiger charge is 2.16. The SMILES string of the molecule is O=C(O)CCC(=O)OCc1ccc(-c2nn(Cc3ccc(Cl)cc3)c3ccccc23)o1. The molecule has 0 saturated carbocycles. The van der Waals surface area contributed by atoms with Crippen molar-refractivity contribution >= 4 is 34.4 Å². The van der Waals surface area contributed by atoms with E-state index in [9.17, 15) is 9.59 Å². The summed E-state index contributed by atoms with van der Waals surface area (Å²) in [6.45, 7) is 0.508. The van der Waals surface area contributed by atoms with E-state index in [-0.39, 0.29) is 19.4 Å². The monoisotopic (exact) mass is 438 g/mol. The quantitative estimate of drug-likeness (QED) is 0.393. The fourth-order valence-corrected chi connectivity index (χ4v) is 3.33. The Kier molecular flexibility index (Phi) is 6.04. The van der Waals surface area contributed by atoms with Crippen LogP contribution >= 0.6 is 11.6 Å². The first-order chi connectivity index (χ1) is 15.0. The summed E-state index contributed by atoms with van der Waals surface area (Å²) in [6, 6.07) is 19.0. The molecule has 4 rings (SSSR count). The van der Waals surface area contributed by atoms with Crippen molar-refractivity contribution in [2.75, 3.05) is 0 Å². The first-order valence-electron chi connectivity index (χ1n) is 9.66. The molecule has 0 atom stereocenters. The second-order valence-electron chi connectivity index (χ2n) is 6.97. The number of carboxylic acids is 1. The van der Waals surface area contributed by atoms with E-state index in [4.69, 9.17) is 31.0 Å². The summed E-state index contributed by atoms with van der Waals surface area (Å²) >= 11 is 5.98. The van der Waals surface area contributed by atoms with Crippen molar-refractivity contribution in [3.63, 3.8) is 0 Å². The van der Waals surface area contributed by atoms with E-state index >= 15 is 0 Å². The van der Waals surface area contributed by atoms with Gasteiger partial charge in [0.15, 0.2) is 5.76 Å². The van der Waals surface area contributed by atoms with Gasteiger partial charge in [-0.3, -0.25) is 14.3 Å². The van der Waals surface area contributed by atoms with Crippen LogP contribution < -0.4 is 0 Å². The highest BCUT2D eigenvalue weighted by Crippen LogP contribution is 2.30. The molecule has 1 N–H and O–H groups in total. The number of furan rings is 1. The van der Waals surface area contributed by atoms with Gasteiger partial charge in [-0.15, -0.1) is 0 Å². The van der Waals surface area contributed by atoms with E-state index < -0.39 is 11.9 Å². The average molecular weight is 439 g/mol. The summed E-state index contributed by atoms with van der Waals surface area (Å²) in [6.07, 6.45) is -0.443. The van der Waals surface area contributed by atoms with Crippen LogP contribution in [0.25, 0.3) is 22.4 Å². The molecule has 31 heavy (non-hydrogen) atoms. The average Bonchev–Trinajstić information content (AvgIpc) is 3.37. The van der Waals surface area contributed by atoms with Crippen LogP contribution in [0.15, 0.2) is 65.1 Å². The molecule has 2 aromatic carbocycles. The Balaban J connectivity index is 1.54. The number of hydrogen-bond acceptors (Lipinski definition) is 5. The van der Waals surface area contributed by atoms with Gasteiger partial charge in [-0.2, -0.15) is 5.10 Å². The number of esters is 1. The van der Waals surface area contributed by atoms with Crippen molar-refractivity contribution in [2.45, 2.75) is 26.0 Å². The number of carboxylic acid groups (broad SMARTS) is 1. The summed E-state index contributed by atoms with van der Waals surface area (Å²) in [5, 5.41) is 15.0. The van der Waals surface area contributed by atoms with Crippen molar-refractivity contribution in [2.24, 2.45) is 0 Å². The Morgan fingerprint density at radius 1 is 1.03 bits per heavy atom. The third-order valence-corrected chi connectivity index (χ3v) is 4.97. The minimum absolute atomic E-state index is 0.0676. The summed E-state index contributed by atoms with van der Waals surface area (Å²) in [5.41, 5.74) is 2.72. The second kappa shape index (κ2) is 9.06. The summed E-state index contributed by atoms with van der Waals surface area (Å²) in [5.74, 6) is -0.617. The van der Waals surface area contributed by atoms with Crippen LogP contribution in [0.4, 0.5) is 0 Å². The van der Waals surface area contributed by atoms with E-state index in [1.165, 1.54) is 0 Å². The molecule has 0 aliphatic heterocycles. The Labute approximate surface area is 182 Å². The molecule has 0 aliphatic rings. The highest BCUT2D eigenvalue weighted by molar-refractivity contribution is 6.30. The fourth-order valence-electron chi connectivity index (χ4n) is 3.21. The van der Waals surface area contributed by atoms with Crippen molar-refractivity contribution in [3.8, 4) is 11.5 Å². The first kappa shape index (κ1) is 20.7. The van der Waals surface area contributed by atoms with Crippen molar-refractivity contribution in [1.82, 2.24) is 9.78 Å². The zero-order chi connectivity index (χ0) is 21.8. The zero-order valence-electron chi connectivity index (χ0n) is 16.5. The van der Waals surface area contributed by atoms with Gasteiger partial charge in [-0.1, -0.05) is 41.9 Å². The number of aliphatic carboxylic acids is 1. The Hall–Kier alpha value is -3.58. The number of ether oxygens (including phenoxy) is 1. The molecule has 158 valence electrons. The van der Waals surface area contributed by atoms with Gasteiger partial charge in [-0.25, -0.2) is 0 Å². The number of carbonyl (C=O) groups excluding carboxylic acids is 1. The molecule has 0 spiro atoms. The first-order valence-corrected chi connectivity index (χ1v) is 10.0. The van der Waals surface area contributed by atoms with Crippen LogP contribution in [0.3, 0.4) is 0 Å². The number of hydrogen-bond donors (Lipinski definition) is 1. The molecule has 0 unspecified atom stereocenters. The molecule has 4 aromatic rings. The Bertz CT molecular complexity index is 1230. The van der Waals surface area contributed by atoms with Gasteiger partial charge in [0.05, 0.1) is 24.9 Å². The van der Waals surface area contributed by atoms with Crippen LogP contribution in [-0.4, -0.2) is 26.8 Å². The van der Waals surface area contributed by atoms with Crippen LogP contribution in [-0.2, 0) is 27.5 Å². The Morgan fingerprint density at radius 2 is 1.81 bits per heavy atom.